The highest BCUT2D eigenvalue weighted by molar-refractivity contribution is 5.75. The van der Waals surface area contributed by atoms with Crippen LogP contribution in [0.2, 0.25) is 0 Å². The summed E-state index contributed by atoms with van der Waals surface area (Å²) in [5.74, 6) is -0.159. The van der Waals surface area contributed by atoms with Crippen molar-refractivity contribution in [2.24, 2.45) is 5.92 Å². The van der Waals surface area contributed by atoms with Crippen LogP contribution >= 0.6 is 0 Å². The van der Waals surface area contributed by atoms with E-state index in [1.165, 1.54) is 5.56 Å². The second-order valence-corrected chi connectivity index (χ2v) is 4.30. The molecule has 82 valence electrons. The first-order chi connectivity index (χ1) is 7.27. The number of hydrogen-bond donors (Lipinski definition) is 1. The van der Waals surface area contributed by atoms with E-state index in [9.17, 15) is 4.79 Å². The highest BCUT2D eigenvalue weighted by Gasteiger charge is 2.26. The first-order valence-electron chi connectivity index (χ1n) is 5.55. The van der Waals surface area contributed by atoms with E-state index in [0.29, 0.717) is 5.92 Å². The van der Waals surface area contributed by atoms with Crippen molar-refractivity contribution in [2.75, 3.05) is 0 Å². The predicted molar refractivity (Wildman–Crippen MR) is 64.5 cm³/mol. The van der Waals surface area contributed by atoms with Crippen LogP contribution in [0.5, 0.6) is 0 Å². The Hall–Kier alpha value is -0.544. The van der Waals surface area contributed by atoms with E-state index in [1.807, 2.05) is 6.07 Å². The van der Waals surface area contributed by atoms with Crippen LogP contribution in [-0.4, -0.2) is 34.1 Å². The molecule has 1 aromatic rings. The average Bonchev–Trinajstić information content (AvgIpc) is 2.30. The Morgan fingerprint density at radius 2 is 1.62 bits per heavy atom. The number of benzene rings is 1. The van der Waals surface area contributed by atoms with Gasteiger partial charge in [0.05, 0.1) is 5.92 Å². The number of carboxylic acid groups (broad SMARTS) is 1. The van der Waals surface area contributed by atoms with Gasteiger partial charge in [0.25, 0.3) is 0 Å². The normalized spacial score (nSPS) is 24.5. The van der Waals surface area contributed by atoms with Crippen molar-refractivity contribution in [3.63, 3.8) is 0 Å². The molecule has 0 bridgehead atoms. The molecule has 0 atom stereocenters. The highest BCUT2D eigenvalue weighted by atomic mass is 24.3. The molecule has 0 aliphatic heterocycles. The lowest BCUT2D eigenvalue weighted by Crippen LogP contribution is -2.20. The minimum absolute atomic E-state index is 0. The topological polar surface area (TPSA) is 37.3 Å². The van der Waals surface area contributed by atoms with Crippen molar-refractivity contribution >= 4 is 29.0 Å². The highest BCUT2D eigenvalue weighted by Crippen LogP contribution is 2.35. The first-order valence-corrected chi connectivity index (χ1v) is 5.55. The largest absolute Gasteiger partial charge is 0.481 e. The quantitative estimate of drug-likeness (QED) is 0.790. The van der Waals surface area contributed by atoms with Crippen molar-refractivity contribution in [3.05, 3.63) is 35.9 Å². The molecular formula is C13H16MgO2. The van der Waals surface area contributed by atoms with Gasteiger partial charge < -0.3 is 5.11 Å². The Kier molecular flexibility index (Phi) is 5.29. The summed E-state index contributed by atoms with van der Waals surface area (Å²) in [5, 5.41) is 8.90. The smallest absolute Gasteiger partial charge is 0.306 e. The molecule has 0 saturated heterocycles. The summed E-state index contributed by atoms with van der Waals surface area (Å²) in [4.78, 5) is 10.8. The summed E-state index contributed by atoms with van der Waals surface area (Å²) in [6, 6.07) is 10.4. The lowest BCUT2D eigenvalue weighted by molar-refractivity contribution is -0.142. The SMILES string of the molecule is O=C(O)C1CCC(c2ccccc2)CC1.[Mg]. The lowest BCUT2D eigenvalue weighted by Gasteiger charge is -2.26. The second-order valence-electron chi connectivity index (χ2n) is 4.30. The van der Waals surface area contributed by atoms with Gasteiger partial charge >= 0.3 is 5.97 Å². The third-order valence-corrected chi connectivity index (χ3v) is 3.35. The van der Waals surface area contributed by atoms with Gasteiger partial charge in [-0.1, -0.05) is 30.3 Å². The summed E-state index contributed by atoms with van der Waals surface area (Å²) >= 11 is 0. The summed E-state index contributed by atoms with van der Waals surface area (Å²) < 4.78 is 0. The monoisotopic (exact) mass is 228 g/mol. The van der Waals surface area contributed by atoms with Gasteiger partial charge in [0.1, 0.15) is 0 Å². The Balaban J connectivity index is 0.00000128. The molecule has 2 rings (SSSR count). The van der Waals surface area contributed by atoms with Crippen molar-refractivity contribution in [1.82, 2.24) is 0 Å². The van der Waals surface area contributed by atoms with E-state index in [4.69, 9.17) is 5.11 Å². The number of carboxylic acids is 1. The van der Waals surface area contributed by atoms with Crippen LogP contribution in [0.3, 0.4) is 0 Å². The Bertz CT molecular complexity index is 329. The molecule has 1 aliphatic carbocycles. The molecule has 0 heterocycles. The van der Waals surface area contributed by atoms with E-state index in [2.05, 4.69) is 24.3 Å². The molecule has 3 heteroatoms. The lowest BCUT2D eigenvalue weighted by atomic mass is 9.79. The maximum absolute atomic E-state index is 10.8. The minimum Gasteiger partial charge on any atom is -0.481 e. The average molecular weight is 229 g/mol. The number of carbonyl (C=O) groups is 1. The summed E-state index contributed by atoms with van der Waals surface area (Å²) in [7, 11) is 0. The zero-order valence-corrected chi connectivity index (χ0v) is 10.8. The molecule has 1 saturated carbocycles. The predicted octanol–water partition coefficient (Wildman–Crippen LogP) is 2.66. The van der Waals surface area contributed by atoms with Crippen molar-refractivity contribution in [2.45, 2.75) is 31.6 Å². The van der Waals surface area contributed by atoms with Gasteiger partial charge in [0, 0.05) is 23.1 Å². The van der Waals surface area contributed by atoms with Crippen LogP contribution in [0.25, 0.3) is 0 Å². The van der Waals surface area contributed by atoms with Crippen LogP contribution in [-0.2, 0) is 4.79 Å². The van der Waals surface area contributed by atoms with E-state index < -0.39 is 5.97 Å². The molecule has 0 unspecified atom stereocenters. The first kappa shape index (κ1) is 13.5. The maximum Gasteiger partial charge on any atom is 0.306 e. The molecule has 1 aliphatic rings. The summed E-state index contributed by atoms with van der Waals surface area (Å²) in [5.41, 5.74) is 1.36. The van der Waals surface area contributed by atoms with E-state index in [0.717, 1.165) is 25.7 Å². The fourth-order valence-corrected chi connectivity index (χ4v) is 2.40. The molecule has 1 N–H and O–H groups in total. The van der Waals surface area contributed by atoms with Crippen LogP contribution in [0.15, 0.2) is 30.3 Å². The molecule has 0 aromatic heterocycles. The van der Waals surface area contributed by atoms with Gasteiger partial charge in [-0.05, 0) is 37.2 Å². The third kappa shape index (κ3) is 3.22. The van der Waals surface area contributed by atoms with E-state index in [1.54, 1.807) is 0 Å². The summed E-state index contributed by atoms with van der Waals surface area (Å²) in [6.07, 6.45) is 3.69. The molecule has 0 amide bonds. The molecule has 2 nitrogen and oxygen atoms in total. The zero-order chi connectivity index (χ0) is 10.7. The zero-order valence-electron chi connectivity index (χ0n) is 9.43. The summed E-state index contributed by atoms with van der Waals surface area (Å²) in [6.45, 7) is 0. The van der Waals surface area contributed by atoms with E-state index >= 15 is 0 Å². The Morgan fingerprint density at radius 3 is 2.12 bits per heavy atom. The molecule has 0 spiro atoms. The van der Waals surface area contributed by atoms with Crippen LogP contribution in [0.1, 0.15) is 37.2 Å². The molecule has 2 radical (unpaired) electrons. The van der Waals surface area contributed by atoms with Gasteiger partial charge in [0.15, 0.2) is 0 Å². The molecule has 1 aromatic carbocycles. The van der Waals surface area contributed by atoms with Gasteiger partial charge in [-0.15, -0.1) is 0 Å². The van der Waals surface area contributed by atoms with Gasteiger partial charge in [-0.25, -0.2) is 0 Å². The van der Waals surface area contributed by atoms with Gasteiger partial charge in [-0.2, -0.15) is 0 Å². The Morgan fingerprint density at radius 1 is 1.06 bits per heavy atom. The molecule has 16 heavy (non-hydrogen) atoms. The fourth-order valence-electron chi connectivity index (χ4n) is 2.40. The number of aliphatic carboxylic acids is 1. The van der Waals surface area contributed by atoms with Gasteiger partial charge in [-0.3, -0.25) is 4.79 Å². The molecular weight excluding hydrogens is 212 g/mol. The number of rotatable bonds is 2. The molecule has 1 fully saturated rings. The third-order valence-electron chi connectivity index (χ3n) is 3.35. The standard InChI is InChI=1S/C13H16O2.Mg/c14-13(15)12-8-6-11(7-9-12)10-4-2-1-3-5-10;/h1-5,11-12H,6-9H2,(H,14,15);. The Labute approximate surface area is 112 Å². The minimum atomic E-state index is -0.624. The fraction of sp³-hybridized carbons (Fsp3) is 0.462. The van der Waals surface area contributed by atoms with Crippen LogP contribution < -0.4 is 0 Å². The van der Waals surface area contributed by atoms with Crippen molar-refractivity contribution < 1.29 is 9.90 Å². The van der Waals surface area contributed by atoms with Crippen LogP contribution in [0.4, 0.5) is 0 Å². The van der Waals surface area contributed by atoms with Crippen molar-refractivity contribution in [1.29, 1.82) is 0 Å². The van der Waals surface area contributed by atoms with Crippen molar-refractivity contribution in [3.8, 4) is 0 Å². The second kappa shape index (κ2) is 6.26. The van der Waals surface area contributed by atoms with E-state index in [-0.39, 0.29) is 29.0 Å². The number of hydrogen-bond acceptors (Lipinski definition) is 1. The van der Waals surface area contributed by atoms with Crippen LogP contribution in [0, 0.1) is 5.92 Å². The van der Waals surface area contributed by atoms with Gasteiger partial charge in [0.2, 0.25) is 0 Å². The maximum atomic E-state index is 10.8.